The summed E-state index contributed by atoms with van der Waals surface area (Å²) in [5, 5.41) is 30.8. The number of anilines is 1. The Morgan fingerprint density at radius 3 is 1.18 bits per heavy atom. The van der Waals surface area contributed by atoms with E-state index in [1.807, 2.05) is 0 Å². The second-order valence-corrected chi connectivity index (χ2v) is 9.45. The molecule has 0 aliphatic carbocycles. The van der Waals surface area contributed by atoms with Crippen LogP contribution in [0.1, 0.15) is 151 Å². The van der Waals surface area contributed by atoms with Gasteiger partial charge < -0.3 is 24.9 Å². The van der Waals surface area contributed by atoms with Gasteiger partial charge in [0.05, 0.1) is 16.7 Å². The summed E-state index contributed by atoms with van der Waals surface area (Å²) in [6, 6.07) is 2.37. The van der Waals surface area contributed by atoms with Gasteiger partial charge in [-0.3, -0.25) is 0 Å². The summed E-state index contributed by atoms with van der Waals surface area (Å²) in [7, 11) is 0. The van der Waals surface area contributed by atoms with E-state index in [9.17, 15) is 29.7 Å². The molecule has 0 amide bonds. The molecule has 0 saturated heterocycles. The molecule has 0 atom stereocenters. The van der Waals surface area contributed by atoms with E-state index >= 15 is 0 Å². The maximum atomic E-state index is 11.4. The fourth-order valence-corrected chi connectivity index (χ4v) is 4.39. The Kier molecular flexibility index (Phi) is 31.1. The predicted octanol–water partition coefficient (Wildman–Crippen LogP) is -0.806. The quantitative estimate of drug-likeness (QED) is 0.108. The molecule has 0 saturated carbocycles. The number of rotatable bonds is 22. The minimum Gasteiger partial charge on any atom is -1.00 e. The Labute approximate surface area is 300 Å². The van der Waals surface area contributed by atoms with E-state index in [0.717, 1.165) is 19.3 Å². The molecule has 0 heterocycles. The fraction of sp³-hybridized carbons (Fsp3) is 0.679. The minimum atomic E-state index is -1.57. The summed E-state index contributed by atoms with van der Waals surface area (Å²) >= 11 is 0. The van der Waals surface area contributed by atoms with Gasteiger partial charge in [-0.1, -0.05) is 110 Å². The van der Waals surface area contributed by atoms with Crippen LogP contribution in [-0.2, 0) is 0 Å². The second kappa shape index (κ2) is 27.6. The zero-order valence-electron chi connectivity index (χ0n) is 27.4. The van der Waals surface area contributed by atoms with Gasteiger partial charge >= 0.3 is 107 Å². The molecule has 1 rings (SSSR count). The smallest absolute Gasteiger partial charge is 1.00 e. The molecule has 7 nitrogen and oxygen atoms in total. The van der Waals surface area contributed by atoms with Crippen molar-refractivity contribution in [1.29, 1.82) is 0 Å². The van der Waals surface area contributed by atoms with E-state index in [4.69, 9.17) is 0 Å². The topological polar surface area (TPSA) is 124 Å². The number of aromatic carboxylic acids is 3. The van der Waals surface area contributed by atoms with Crippen molar-refractivity contribution < 1.29 is 123 Å². The Balaban J connectivity index is -0.000000510. The van der Waals surface area contributed by atoms with E-state index in [1.165, 1.54) is 102 Å². The number of hydrogen-bond acceptors (Lipinski definition) is 4. The van der Waals surface area contributed by atoms with Crippen molar-refractivity contribution in [3.05, 3.63) is 28.8 Å². The molecule has 4 N–H and O–H groups in total. The third-order valence-electron chi connectivity index (χ3n) is 6.42. The molecule has 0 radical (unpaired) electrons. The largest absolute Gasteiger partial charge is 1.00 e. The molecule has 1 aromatic carbocycles. The van der Waals surface area contributed by atoms with Crippen LogP contribution >= 0.6 is 0 Å². The third kappa shape index (κ3) is 19.5. The number of carboxylic acids is 3. The predicted molar refractivity (Wildman–Crippen MR) is 143 cm³/mol. The monoisotopic (exact) mass is 563 g/mol. The van der Waals surface area contributed by atoms with Gasteiger partial charge in [0.25, 0.3) is 0 Å². The van der Waals surface area contributed by atoms with Gasteiger partial charge in [-0.2, -0.15) is 0 Å². The summed E-state index contributed by atoms with van der Waals surface area (Å²) in [6.07, 6.45) is 21.9. The average Bonchev–Trinajstić information content (AvgIpc) is 2.82. The van der Waals surface area contributed by atoms with Crippen molar-refractivity contribution >= 4 is 23.6 Å². The SMILES string of the molecule is CCCCCCCCCCCCCCCCCCCNc1cc(C(=O)O)c(C(=O)O)c(C(=O)O)c1.[H-].[H-].[H-].[Na+].[Na+].[Na+]. The molecule has 0 bridgehead atoms. The molecule has 1 aromatic rings. The second-order valence-electron chi connectivity index (χ2n) is 9.45. The molecule has 0 fully saturated rings. The zero-order valence-corrected chi connectivity index (χ0v) is 30.4. The summed E-state index contributed by atoms with van der Waals surface area (Å²) in [6.45, 7) is 2.83. The average molecular weight is 564 g/mol. The van der Waals surface area contributed by atoms with E-state index in [-0.39, 0.29) is 93.0 Å². The Bertz CT molecular complexity index is 772. The van der Waals surface area contributed by atoms with Crippen LogP contribution in [0.2, 0.25) is 0 Å². The van der Waals surface area contributed by atoms with Crippen molar-refractivity contribution in [3.8, 4) is 0 Å². The van der Waals surface area contributed by atoms with Crippen molar-refractivity contribution in [2.24, 2.45) is 0 Å². The summed E-state index contributed by atoms with van der Waals surface area (Å²) < 4.78 is 0. The van der Waals surface area contributed by atoms with Gasteiger partial charge in [0.2, 0.25) is 0 Å². The van der Waals surface area contributed by atoms with Crippen LogP contribution in [0.15, 0.2) is 12.1 Å². The number of benzene rings is 1. The first-order chi connectivity index (χ1) is 16.9. The molecule has 0 aromatic heterocycles. The van der Waals surface area contributed by atoms with Gasteiger partial charge in [-0.15, -0.1) is 0 Å². The van der Waals surface area contributed by atoms with Crippen LogP contribution in [-0.4, -0.2) is 39.8 Å². The maximum absolute atomic E-state index is 11.4. The number of unbranched alkanes of at least 4 members (excludes halogenated alkanes) is 16. The van der Waals surface area contributed by atoms with Crippen molar-refractivity contribution in [2.75, 3.05) is 11.9 Å². The van der Waals surface area contributed by atoms with Crippen molar-refractivity contribution in [2.45, 2.75) is 116 Å². The molecular weight excluding hydrogens is 515 g/mol. The van der Waals surface area contributed by atoms with Gasteiger partial charge in [-0.05, 0) is 18.6 Å². The zero-order chi connectivity index (χ0) is 25.9. The molecule has 0 aliphatic rings. The molecule has 204 valence electrons. The first-order valence-corrected chi connectivity index (χ1v) is 13.5. The molecule has 0 unspecified atom stereocenters. The van der Waals surface area contributed by atoms with Crippen LogP contribution in [0.3, 0.4) is 0 Å². The van der Waals surface area contributed by atoms with Crippen LogP contribution in [0, 0.1) is 0 Å². The standard InChI is InChI=1S/C28H45NO6.3Na.3H/c1-2-3-4-5-6-7-8-9-10-11-12-13-14-15-16-17-18-19-29-22-20-23(26(30)31)25(28(34)35)24(21-22)27(32)33;;;;;;/h20-21,29H,2-19H2,1H3,(H,30,31)(H,32,33)(H,34,35);;;;;;/q;3*+1;3*-1. The maximum Gasteiger partial charge on any atom is 1.00 e. The first-order valence-electron chi connectivity index (χ1n) is 13.5. The molecule has 38 heavy (non-hydrogen) atoms. The van der Waals surface area contributed by atoms with Crippen molar-refractivity contribution in [1.82, 2.24) is 0 Å². The fourth-order valence-electron chi connectivity index (χ4n) is 4.39. The van der Waals surface area contributed by atoms with Gasteiger partial charge in [0, 0.05) is 12.2 Å². The Morgan fingerprint density at radius 1 is 0.579 bits per heavy atom. The van der Waals surface area contributed by atoms with Gasteiger partial charge in [-0.25, -0.2) is 14.4 Å². The number of carbonyl (C=O) groups is 3. The Morgan fingerprint density at radius 2 is 0.895 bits per heavy atom. The first kappa shape index (κ1) is 42.9. The Hall–Kier alpha value is 0.430. The van der Waals surface area contributed by atoms with E-state index in [0.29, 0.717) is 12.2 Å². The van der Waals surface area contributed by atoms with Crippen molar-refractivity contribution in [3.63, 3.8) is 0 Å². The van der Waals surface area contributed by atoms with Gasteiger partial charge in [0.15, 0.2) is 0 Å². The molecule has 0 spiro atoms. The summed E-state index contributed by atoms with van der Waals surface area (Å²) in [5.74, 6) is -4.50. The summed E-state index contributed by atoms with van der Waals surface area (Å²) in [5.41, 5.74) is -1.45. The van der Waals surface area contributed by atoms with E-state index in [1.54, 1.807) is 0 Å². The normalized spacial score (nSPS) is 10.0. The number of hydrogen-bond donors (Lipinski definition) is 4. The van der Waals surface area contributed by atoms with Crippen LogP contribution < -0.4 is 94.0 Å². The molecule has 10 heteroatoms. The van der Waals surface area contributed by atoms with E-state index in [2.05, 4.69) is 12.2 Å². The number of carboxylic acid groups (broad SMARTS) is 3. The molecular formula is C28H48NNa3O6. The summed E-state index contributed by atoms with van der Waals surface area (Å²) in [4.78, 5) is 34.2. The minimum absolute atomic E-state index is 0. The van der Waals surface area contributed by atoms with E-state index < -0.39 is 34.6 Å². The molecule has 0 aliphatic heterocycles. The van der Waals surface area contributed by atoms with Crippen LogP contribution in [0.4, 0.5) is 5.69 Å². The third-order valence-corrected chi connectivity index (χ3v) is 6.42. The van der Waals surface area contributed by atoms with Crippen LogP contribution in [0.5, 0.6) is 0 Å². The van der Waals surface area contributed by atoms with Crippen LogP contribution in [0.25, 0.3) is 0 Å². The number of nitrogens with one attached hydrogen (secondary N) is 1. The van der Waals surface area contributed by atoms with Gasteiger partial charge in [0.1, 0.15) is 0 Å².